The smallest absolute Gasteiger partial charge is 0.380 e. The molecule has 1 fully saturated rings. The molecule has 2 heterocycles. The fraction of sp³-hybridized carbons (Fsp3) is 0.333. The molecule has 0 radical (unpaired) electrons. The molecule has 0 aliphatic carbocycles. The van der Waals surface area contributed by atoms with E-state index in [1.807, 2.05) is 0 Å². The van der Waals surface area contributed by atoms with Gasteiger partial charge >= 0.3 is 16.3 Å². The van der Waals surface area contributed by atoms with E-state index < -0.39 is 10.3 Å². The number of rotatable bonds is 7. The molecule has 2 aromatic carbocycles. The van der Waals surface area contributed by atoms with Crippen molar-refractivity contribution in [1.82, 2.24) is 19.4 Å². The number of carbonyl (C=O) groups is 1. The van der Waals surface area contributed by atoms with E-state index in [0.29, 0.717) is 17.8 Å². The molecule has 1 aliphatic rings. The number of methoxy groups -OCH3 is 1. The Labute approximate surface area is 221 Å². The van der Waals surface area contributed by atoms with Crippen LogP contribution >= 0.6 is 12.4 Å². The molecule has 1 saturated heterocycles. The topological polar surface area (TPSA) is 120 Å². The maximum absolute atomic E-state index is 13.7. The molecular weight excluding hydrogens is 525 g/mol. The summed E-state index contributed by atoms with van der Waals surface area (Å²) in [6.45, 7) is 2.28. The van der Waals surface area contributed by atoms with Crippen molar-refractivity contribution in [2.24, 2.45) is 5.14 Å². The Kier molecular flexibility index (Phi) is 9.13. The van der Waals surface area contributed by atoms with Crippen molar-refractivity contribution in [3.8, 4) is 22.8 Å². The van der Waals surface area contributed by atoms with Gasteiger partial charge < -0.3 is 13.8 Å². The van der Waals surface area contributed by atoms with Gasteiger partial charge in [-0.15, -0.1) is 12.4 Å². The predicted octanol–water partition coefficient (Wildman–Crippen LogP) is 3.27. The summed E-state index contributed by atoms with van der Waals surface area (Å²) >= 11 is 0. The second kappa shape index (κ2) is 11.9. The van der Waals surface area contributed by atoms with Gasteiger partial charge in [-0.2, -0.15) is 13.6 Å². The number of carbonyl (C=O) groups excluding carboxylic acids is 1. The van der Waals surface area contributed by atoms with Gasteiger partial charge in [-0.3, -0.25) is 9.47 Å². The van der Waals surface area contributed by atoms with E-state index in [0.717, 1.165) is 31.5 Å². The molecule has 13 heteroatoms. The van der Waals surface area contributed by atoms with Gasteiger partial charge in [0.25, 0.3) is 0 Å². The summed E-state index contributed by atoms with van der Waals surface area (Å²) < 4.78 is 47.2. The van der Waals surface area contributed by atoms with Crippen molar-refractivity contribution in [1.29, 1.82) is 0 Å². The van der Waals surface area contributed by atoms with E-state index in [-0.39, 0.29) is 41.8 Å². The molecule has 0 atom stereocenters. The van der Waals surface area contributed by atoms with E-state index in [4.69, 9.17) is 14.1 Å². The highest BCUT2D eigenvalue weighted by molar-refractivity contribution is 7.84. The van der Waals surface area contributed by atoms with Gasteiger partial charge in [0.1, 0.15) is 12.1 Å². The minimum absolute atomic E-state index is 0. The summed E-state index contributed by atoms with van der Waals surface area (Å²) in [5.41, 5.74) is 2.04. The molecule has 37 heavy (non-hydrogen) atoms. The lowest BCUT2D eigenvalue weighted by Crippen LogP contribution is -2.46. The van der Waals surface area contributed by atoms with Gasteiger partial charge in [-0.05, 0) is 42.7 Å². The lowest BCUT2D eigenvalue weighted by atomic mass is 10.0. The Hall–Kier alpha value is -3.19. The first kappa shape index (κ1) is 28.4. The van der Waals surface area contributed by atoms with Crippen molar-refractivity contribution >= 4 is 28.7 Å². The Balaban J connectivity index is 0.00000380. The minimum Gasteiger partial charge on any atom is -0.494 e. The normalized spacial score (nSPS) is 14.6. The summed E-state index contributed by atoms with van der Waals surface area (Å²) in [5.74, 6) is -0.0952. The van der Waals surface area contributed by atoms with Gasteiger partial charge in [-0.1, -0.05) is 18.2 Å². The Morgan fingerprint density at radius 3 is 2.62 bits per heavy atom. The number of aromatic nitrogens is 2. The van der Waals surface area contributed by atoms with E-state index in [1.54, 1.807) is 42.4 Å². The Bertz CT molecular complexity index is 1340. The molecule has 10 nitrogen and oxygen atoms in total. The summed E-state index contributed by atoms with van der Waals surface area (Å²) in [7, 11) is -0.926. The molecule has 1 amide bonds. The molecule has 1 aromatic heterocycles. The molecule has 0 bridgehead atoms. The third-order valence-corrected chi connectivity index (χ3v) is 6.60. The van der Waals surface area contributed by atoms with Crippen LogP contribution < -0.4 is 14.1 Å². The zero-order chi connectivity index (χ0) is 25.9. The summed E-state index contributed by atoms with van der Waals surface area (Å²) in [6.07, 6.45) is 4.62. The Morgan fingerprint density at radius 2 is 1.95 bits per heavy atom. The molecule has 0 unspecified atom stereocenters. The molecule has 0 spiro atoms. The fourth-order valence-electron chi connectivity index (χ4n) is 4.28. The first-order valence-corrected chi connectivity index (χ1v) is 12.8. The van der Waals surface area contributed by atoms with Crippen LogP contribution in [0.2, 0.25) is 0 Å². The molecule has 3 aromatic rings. The van der Waals surface area contributed by atoms with Crippen LogP contribution in [0.4, 0.5) is 9.18 Å². The first-order valence-electron chi connectivity index (χ1n) is 11.3. The van der Waals surface area contributed by atoms with Crippen LogP contribution in [-0.4, -0.2) is 67.1 Å². The molecule has 4 rings (SSSR count). The SMILES string of the molecule is COc1cc(CN2CCC(N(C)C(=O)n3cnc(-c4cccc(OS(N)(=O)=O)c4)c3)CC2)ccc1F.Cl. The average Bonchev–Trinajstić information content (AvgIpc) is 3.34. The predicted molar refractivity (Wildman–Crippen MR) is 138 cm³/mol. The Morgan fingerprint density at radius 1 is 1.22 bits per heavy atom. The number of halogens is 2. The lowest BCUT2D eigenvalue weighted by molar-refractivity contribution is 0.132. The number of nitrogens with two attached hydrogens (primary N) is 1. The fourth-order valence-corrected chi connectivity index (χ4v) is 4.65. The standard InChI is InChI=1S/C24H28FN5O5S.ClH/c1-28(19-8-10-29(11-9-19)14-17-6-7-21(25)23(12-17)34-2)24(31)30-15-22(27-16-30)18-4-3-5-20(13-18)35-36(26,32)33;/h3-7,12-13,15-16,19H,8-11,14H2,1-2H3,(H2,26,32,33);1H. The highest BCUT2D eigenvalue weighted by atomic mass is 35.5. The van der Waals surface area contributed by atoms with Crippen molar-refractivity contribution in [3.05, 3.63) is 66.4 Å². The maximum atomic E-state index is 13.7. The number of amides is 1. The number of hydrogen-bond donors (Lipinski definition) is 1. The zero-order valence-electron chi connectivity index (χ0n) is 20.4. The van der Waals surface area contributed by atoms with E-state index in [9.17, 15) is 17.6 Å². The van der Waals surface area contributed by atoms with E-state index >= 15 is 0 Å². The molecule has 0 saturated carbocycles. The summed E-state index contributed by atoms with van der Waals surface area (Å²) in [5, 5.41) is 4.93. The number of imidazole rings is 1. The zero-order valence-corrected chi connectivity index (χ0v) is 22.0. The number of benzene rings is 2. The van der Waals surface area contributed by atoms with Crippen molar-refractivity contribution < 1.29 is 26.5 Å². The minimum atomic E-state index is -4.15. The molecule has 200 valence electrons. The second-order valence-corrected chi connectivity index (χ2v) is 9.79. The number of ether oxygens (including phenoxy) is 1. The van der Waals surface area contributed by atoms with Crippen LogP contribution in [-0.2, 0) is 16.8 Å². The molecular formula is C24H29ClFN5O5S. The number of piperidine rings is 1. The third kappa shape index (κ3) is 7.19. The van der Waals surface area contributed by atoms with Crippen LogP contribution in [0.5, 0.6) is 11.5 Å². The number of likely N-dealkylation sites (tertiary alicyclic amines) is 1. The molecule has 2 N–H and O–H groups in total. The largest absolute Gasteiger partial charge is 0.494 e. The summed E-state index contributed by atoms with van der Waals surface area (Å²) in [6, 6.07) is 11.0. The van der Waals surface area contributed by atoms with Crippen LogP contribution in [0, 0.1) is 5.82 Å². The number of nitrogens with zero attached hydrogens (tertiary/aromatic N) is 4. The monoisotopic (exact) mass is 553 g/mol. The highest BCUT2D eigenvalue weighted by Crippen LogP contribution is 2.25. The van der Waals surface area contributed by atoms with Crippen LogP contribution in [0.15, 0.2) is 55.0 Å². The van der Waals surface area contributed by atoms with E-state index in [2.05, 4.69) is 9.88 Å². The van der Waals surface area contributed by atoms with Crippen molar-refractivity contribution in [2.45, 2.75) is 25.4 Å². The van der Waals surface area contributed by atoms with Gasteiger partial charge in [0.15, 0.2) is 11.6 Å². The van der Waals surface area contributed by atoms with Gasteiger partial charge in [0.05, 0.1) is 12.8 Å². The second-order valence-electron chi connectivity index (χ2n) is 8.64. The first-order chi connectivity index (χ1) is 17.1. The van der Waals surface area contributed by atoms with Gasteiger partial charge in [0, 0.05) is 44.5 Å². The van der Waals surface area contributed by atoms with Crippen LogP contribution in [0.3, 0.4) is 0 Å². The van der Waals surface area contributed by atoms with Gasteiger partial charge in [0.2, 0.25) is 0 Å². The summed E-state index contributed by atoms with van der Waals surface area (Å²) in [4.78, 5) is 21.4. The highest BCUT2D eigenvalue weighted by Gasteiger charge is 2.26. The average molecular weight is 554 g/mol. The molecule has 1 aliphatic heterocycles. The van der Waals surface area contributed by atoms with Crippen LogP contribution in [0.1, 0.15) is 18.4 Å². The quantitative estimate of drug-likeness (QED) is 0.477. The van der Waals surface area contributed by atoms with Crippen molar-refractivity contribution in [2.75, 3.05) is 27.2 Å². The lowest BCUT2D eigenvalue weighted by Gasteiger charge is -2.36. The number of hydrogen-bond acceptors (Lipinski definition) is 7. The third-order valence-electron chi connectivity index (χ3n) is 6.17. The van der Waals surface area contributed by atoms with Gasteiger partial charge in [-0.25, -0.2) is 14.2 Å². The van der Waals surface area contributed by atoms with E-state index in [1.165, 1.54) is 36.2 Å². The van der Waals surface area contributed by atoms with Crippen LogP contribution in [0.25, 0.3) is 11.3 Å². The maximum Gasteiger partial charge on any atom is 0.380 e. The van der Waals surface area contributed by atoms with Crippen molar-refractivity contribution in [3.63, 3.8) is 0 Å².